The number of nitrogens with zero attached hydrogens (tertiary/aromatic N) is 1. The first-order chi connectivity index (χ1) is 13.7. The molecule has 1 atom stereocenters. The Morgan fingerprint density at radius 1 is 1.17 bits per heavy atom. The maximum absolute atomic E-state index is 12.8. The SMILES string of the molecule is COc1cc2c(cc1O[Si](C)(C)C(C)(C)C)[C@@H](CC=O)N(C(=O)OC(C)(C)C)CC2. The van der Waals surface area contributed by atoms with Crippen LogP contribution in [0.4, 0.5) is 4.79 Å². The highest BCUT2D eigenvalue weighted by Crippen LogP contribution is 2.44. The number of fused-ring (bicyclic) bond motifs is 1. The van der Waals surface area contributed by atoms with Crippen molar-refractivity contribution >= 4 is 20.7 Å². The molecule has 1 aliphatic rings. The monoisotopic (exact) mass is 435 g/mol. The first-order valence-electron chi connectivity index (χ1n) is 10.5. The molecule has 1 aromatic rings. The molecule has 2 rings (SSSR count). The Balaban J connectivity index is 2.49. The third-order valence-corrected chi connectivity index (χ3v) is 10.2. The number of methoxy groups -OCH3 is 1. The Labute approximate surface area is 182 Å². The number of rotatable bonds is 5. The molecule has 0 spiro atoms. The van der Waals surface area contributed by atoms with Crippen molar-refractivity contribution in [3.05, 3.63) is 23.3 Å². The van der Waals surface area contributed by atoms with E-state index in [2.05, 4.69) is 33.9 Å². The van der Waals surface area contributed by atoms with Crippen LogP contribution in [-0.2, 0) is 16.0 Å². The molecule has 1 aliphatic heterocycles. The molecular weight excluding hydrogens is 398 g/mol. The Morgan fingerprint density at radius 2 is 1.80 bits per heavy atom. The van der Waals surface area contributed by atoms with Gasteiger partial charge in [-0.05, 0) is 68.6 Å². The van der Waals surface area contributed by atoms with Crippen molar-refractivity contribution in [1.82, 2.24) is 4.90 Å². The van der Waals surface area contributed by atoms with E-state index in [1.54, 1.807) is 12.0 Å². The normalized spacial score (nSPS) is 17.2. The van der Waals surface area contributed by atoms with E-state index in [0.717, 1.165) is 17.4 Å². The number of aldehydes is 1. The molecule has 6 nitrogen and oxygen atoms in total. The van der Waals surface area contributed by atoms with Gasteiger partial charge in [0.1, 0.15) is 17.6 Å². The van der Waals surface area contributed by atoms with E-state index < -0.39 is 20.0 Å². The second kappa shape index (κ2) is 8.61. The van der Waals surface area contributed by atoms with Crippen LogP contribution in [0.5, 0.6) is 11.5 Å². The fourth-order valence-electron chi connectivity index (χ4n) is 3.26. The lowest BCUT2D eigenvalue weighted by atomic mass is 9.90. The molecule has 168 valence electrons. The molecule has 0 aromatic heterocycles. The minimum atomic E-state index is -2.10. The summed E-state index contributed by atoms with van der Waals surface area (Å²) in [6, 6.07) is 3.57. The minimum absolute atomic E-state index is 0.0265. The van der Waals surface area contributed by atoms with Crippen molar-refractivity contribution in [3.8, 4) is 11.5 Å². The zero-order chi connectivity index (χ0) is 22.9. The molecule has 0 saturated heterocycles. The van der Waals surface area contributed by atoms with Gasteiger partial charge in [0.2, 0.25) is 0 Å². The van der Waals surface area contributed by atoms with E-state index in [9.17, 15) is 9.59 Å². The lowest BCUT2D eigenvalue weighted by Gasteiger charge is -2.39. The smallest absolute Gasteiger partial charge is 0.410 e. The van der Waals surface area contributed by atoms with Crippen molar-refractivity contribution in [1.29, 1.82) is 0 Å². The van der Waals surface area contributed by atoms with Gasteiger partial charge in [0.15, 0.2) is 5.75 Å². The highest BCUT2D eigenvalue weighted by Gasteiger charge is 2.40. The average molecular weight is 436 g/mol. The van der Waals surface area contributed by atoms with Crippen LogP contribution in [0.15, 0.2) is 12.1 Å². The van der Waals surface area contributed by atoms with E-state index in [4.69, 9.17) is 13.9 Å². The topological polar surface area (TPSA) is 65.1 Å². The fourth-order valence-corrected chi connectivity index (χ4v) is 4.28. The summed E-state index contributed by atoms with van der Waals surface area (Å²) in [4.78, 5) is 25.9. The summed E-state index contributed by atoms with van der Waals surface area (Å²) in [7, 11) is -0.467. The lowest BCUT2D eigenvalue weighted by molar-refractivity contribution is -0.109. The van der Waals surface area contributed by atoms with Crippen molar-refractivity contribution in [2.24, 2.45) is 0 Å². The van der Waals surface area contributed by atoms with Crippen LogP contribution >= 0.6 is 0 Å². The zero-order valence-corrected chi connectivity index (χ0v) is 20.9. The Bertz CT molecular complexity index is 792. The van der Waals surface area contributed by atoms with Crippen LogP contribution in [-0.4, -0.2) is 44.9 Å². The third-order valence-electron chi connectivity index (χ3n) is 5.90. The standard InChI is InChI=1S/C23H37NO5Si/c1-22(2,3)28-21(26)24-12-10-16-14-19(27-7)20(15-17(16)18(24)11-13-25)29-30(8,9)23(4,5)6/h13-15,18H,10-12H2,1-9H3/t18-/m1/s1. The molecule has 1 aromatic carbocycles. The van der Waals surface area contributed by atoms with Crippen molar-refractivity contribution < 1.29 is 23.5 Å². The van der Waals surface area contributed by atoms with E-state index in [1.807, 2.05) is 32.9 Å². The molecule has 7 heteroatoms. The van der Waals surface area contributed by atoms with Crippen LogP contribution in [0.1, 0.15) is 65.1 Å². The molecule has 0 fully saturated rings. The van der Waals surface area contributed by atoms with Gasteiger partial charge in [-0.25, -0.2) is 4.79 Å². The van der Waals surface area contributed by atoms with Crippen LogP contribution in [0.2, 0.25) is 18.1 Å². The molecule has 0 radical (unpaired) electrons. The molecule has 1 amide bonds. The molecule has 0 saturated carbocycles. The van der Waals surface area contributed by atoms with Gasteiger partial charge in [0.25, 0.3) is 8.32 Å². The molecule has 1 heterocycles. The second-order valence-electron chi connectivity index (χ2n) is 10.4. The predicted molar refractivity (Wildman–Crippen MR) is 121 cm³/mol. The summed E-state index contributed by atoms with van der Waals surface area (Å²) in [6.07, 6.45) is 1.33. The number of amides is 1. The van der Waals surface area contributed by atoms with Crippen LogP contribution in [0.25, 0.3) is 0 Å². The van der Waals surface area contributed by atoms with Crippen molar-refractivity contribution in [2.75, 3.05) is 13.7 Å². The number of hydrogen-bond donors (Lipinski definition) is 0. The van der Waals surface area contributed by atoms with Crippen LogP contribution < -0.4 is 9.16 Å². The van der Waals surface area contributed by atoms with Gasteiger partial charge < -0.3 is 23.6 Å². The Hall–Kier alpha value is -2.02. The summed E-state index contributed by atoms with van der Waals surface area (Å²) in [5.74, 6) is 1.36. The van der Waals surface area contributed by atoms with Crippen molar-refractivity contribution in [3.63, 3.8) is 0 Å². The average Bonchev–Trinajstić information content (AvgIpc) is 2.59. The summed E-state index contributed by atoms with van der Waals surface area (Å²) in [6.45, 7) is 16.9. The number of ether oxygens (including phenoxy) is 2. The van der Waals surface area contributed by atoms with Gasteiger partial charge in [0, 0.05) is 13.0 Å². The molecule has 0 unspecified atom stereocenters. The maximum Gasteiger partial charge on any atom is 0.410 e. The van der Waals surface area contributed by atoms with Gasteiger partial charge in [-0.1, -0.05) is 20.8 Å². The first-order valence-corrected chi connectivity index (χ1v) is 13.4. The molecular formula is C23H37NO5Si. The summed E-state index contributed by atoms with van der Waals surface area (Å²) < 4.78 is 17.8. The molecule has 0 aliphatic carbocycles. The highest BCUT2D eigenvalue weighted by atomic mass is 28.4. The largest absolute Gasteiger partial charge is 0.541 e. The Kier molecular flexibility index (Phi) is 6.96. The van der Waals surface area contributed by atoms with Gasteiger partial charge >= 0.3 is 6.09 Å². The summed E-state index contributed by atoms with van der Waals surface area (Å²) in [5, 5.41) is 0.0265. The van der Waals surface area contributed by atoms with Gasteiger partial charge in [0.05, 0.1) is 13.2 Å². The van der Waals surface area contributed by atoms with E-state index in [1.165, 1.54) is 0 Å². The van der Waals surface area contributed by atoms with Gasteiger partial charge in [-0.15, -0.1) is 0 Å². The Morgan fingerprint density at radius 3 is 2.30 bits per heavy atom. The van der Waals surface area contributed by atoms with Gasteiger partial charge in [-0.3, -0.25) is 0 Å². The maximum atomic E-state index is 12.8. The number of hydrogen-bond acceptors (Lipinski definition) is 5. The quantitative estimate of drug-likeness (QED) is 0.451. The molecule has 0 N–H and O–H groups in total. The lowest BCUT2D eigenvalue weighted by Crippen LogP contribution is -2.44. The summed E-state index contributed by atoms with van der Waals surface area (Å²) >= 11 is 0. The summed E-state index contributed by atoms with van der Waals surface area (Å²) in [5.41, 5.74) is 1.40. The van der Waals surface area contributed by atoms with Crippen LogP contribution in [0.3, 0.4) is 0 Å². The predicted octanol–water partition coefficient (Wildman–Crippen LogP) is 5.50. The van der Waals surface area contributed by atoms with Crippen LogP contribution in [0, 0.1) is 0 Å². The third kappa shape index (κ3) is 5.36. The number of carbonyl (C=O) groups is 2. The number of carbonyl (C=O) groups excluding carboxylic acids is 2. The molecule has 30 heavy (non-hydrogen) atoms. The first kappa shape index (κ1) is 24.2. The van der Waals surface area contributed by atoms with Crippen molar-refractivity contribution in [2.45, 2.75) is 84.2 Å². The molecule has 0 bridgehead atoms. The van der Waals surface area contributed by atoms with E-state index in [-0.39, 0.29) is 17.5 Å². The van der Waals surface area contributed by atoms with E-state index >= 15 is 0 Å². The highest BCUT2D eigenvalue weighted by molar-refractivity contribution is 6.74. The minimum Gasteiger partial charge on any atom is -0.541 e. The van der Waals surface area contributed by atoms with Gasteiger partial charge in [-0.2, -0.15) is 0 Å². The van der Waals surface area contributed by atoms with E-state index in [0.29, 0.717) is 24.5 Å². The fraction of sp³-hybridized carbons (Fsp3) is 0.652. The zero-order valence-electron chi connectivity index (χ0n) is 19.9. The number of benzene rings is 1. The second-order valence-corrected chi connectivity index (χ2v) is 15.1.